The Bertz CT molecular complexity index is 1340. The Hall–Kier alpha value is -3.54. The van der Waals surface area contributed by atoms with Gasteiger partial charge in [-0.25, -0.2) is 15.0 Å². The van der Waals surface area contributed by atoms with Gasteiger partial charge >= 0.3 is 6.18 Å². The van der Waals surface area contributed by atoms with Crippen LogP contribution in [0.1, 0.15) is 37.1 Å². The quantitative estimate of drug-likeness (QED) is 0.474. The summed E-state index contributed by atoms with van der Waals surface area (Å²) < 4.78 is 43.6. The third-order valence-electron chi connectivity index (χ3n) is 6.97. The maximum atomic E-state index is 13.4. The second-order valence-corrected chi connectivity index (χ2v) is 9.08. The fourth-order valence-corrected chi connectivity index (χ4v) is 5.16. The lowest BCUT2D eigenvalue weighted by atomic mass is 9.90. The number of hydrogen-bond donors (Lipinski definition) is 1. The Morgan fingerprint density at radius 3 is 2.71 bits per heavy atom. The molecule has 1 fully saturated rings. The van der Waals surface area contributed by atoms with Gasteiger partial charge in [-0.3, -0.25) is 9.30 Å². The number of pyridine rings is 1. The van der Waals surface area contributed by atoms with E-state index in [2.05, 4.69) is 39.9 Å². The zero-order valence-corrected chi connectivity index (χ0v) is 18.9. The van der Waals surface area contributed by atoms with Crippen molar-refractivity contribution < 1.29 is 13.2 Å². The van der Waals surface area contributed by atoms with Crippen LogP contribution < -0.4 is 5.32 Å². The maximum Gasteiger partial charge on any atom is 0.419 e. The van der Waals surface area contributed by atoms with Gasteiger partial charge in [0.15, 0.2) is 0 Å². The Morgan fingerprint density at radius 2 is 1.89 bits per heavy atom. The molecule has 4 aromatic rings. The number of alkyl halides is 3. The zero-order valence-electron chi connectivity index (χ0n) is 18.9. The Morgan fingerprint density at radius 1 is 1.03 bits per heavy atom. The molecule has 1 aliphatic carbocycles. The molecule has 0 atom stereocenters. The number of halogens is 3. The summed E-state index contributed by atoms with van der Waals surface area (Å²) in [6.07, 6.45) is 6.04. The first-order valence-corrected chi connectivity index (χ1v) is 11.7. The van der Waals surface area contributed by atoms with Gasteiger partial charge in [0.05, 0.1) is 29.7 Å². The van der Waals surface area contributed by atoms with Crippen LogP contribution in [0, 0.1) is 0 Å². The molecule has 0 spiro atoms. The summed E-state index contributed by atoms with van der Waals surface area (Å²) in [6.45, 7) is 2.77. The molecule has 0 saturated heterocycles. The SMILES string of the molecule is FC(F)(F)c1cccn2c(-c3ccnc(NC4CCC(N5CCn6cnnc6C5)CC4)n3)cnc12. The van der Waals surface area contributed by atoms with Crippen LogP contribution in [0.3, 0.4) is 0 Å². The number of imidazole rings is 1. The van der Waals surface area contributed by atoms with Crippen molar-refractivity contribution in [1.29, 1.82) is 0 Å². The maximum absolute atomic E-state index is 13.4. The lowest BCUT2D eigenvalue weighted by Gasteiger charge is -2.38. The highest BCUT2D eigenvalue weighted by molar-refractivity contribution is 5.63. The topological polar surface area (TPSA) is 89.1 Å². The first-order chi connectivity index (χ1) is 17.0. The highest BCUT2D eigenvalue weighted by Gasteiger charge is 2.34. The molecule has 1 aliphatic heterocycles. The summed E-state index contributed by atoms with van der Waals surface area (Å²) in [7, 11) is 0. The summed E-state index contributed by atoms with van der Waals surface area (Å²) in [4.78, 5) is 15.4. The van der Waals surface area contributed by atoms with Crippen LogP contribution >= 0.6 is 0 Å². The fraction of sp³-hybridized carbons (Fsp3) is 0.435. The molecule has 12 heteroatoms. The normalized spacial score (nSPS) is 21.2. The second kappa shape index (κ2) is 8.59. The van der Waals surface area contributed by atoms with Crippen LogP contribution in [0.15, 0.2) is 43.1 Å². The van der Waals surface area contributed by atoms with Gasteiger partial charge in [-0.2, -0.15) is 13.2 Å². The van der Waals surface area contributed by atoms with Gasteiger partial charge in [-0.1, -0.05) is 0 Å². The number of hydrogen-bond acceptors (Lipinski definition) is 7. The van der Waals surface area contributed by atoms with Crippen molar-refractivity contribution in [2.24, 2.45) is 0 Å². The standard InChI is InChI=1S/C23H24F3N9/c24-23(25,26)17-2-1-9-35-19(12-28-21(17)35)18-7-8-27-22(31-18)30-15-3-5-16(6-4-15)33-10-11-34-14-29-32-20(34)13-33/h1-2,7-9,12,14-16H,3-6,10-11,13H2,(H,27,30,31). The second-order valence-electron chi connectivity index (χ2n) is 9.08. The van der Waals surface area contributed by atoms with Gasteiger partial charge in [0.25, 0.3) is 0 Å². The third-order valence-corrected chi connectivity index (χ3v) is 6.97. The molecule has 1 N–H and O–H groups in total. The van der Waals surface area contributed by atoms with E-state index in [-0.39, 0.29) is 11.7 Å². The van der Waals surface area contributed by atoms with Crippen LogP contribution in [-0.2, 0) is 19.3 Å². The molecule has 182 valence electrons. The van der Waals surface area contributed by atoms with Crippen LogP contribution in [-0.4, -0.2) is 57.6 Å². The molecular weight excluding hydrogens is 459 g/mol. The van der Waals surface area contributed by atoms with Crippen LogP contribution in [0.4, 0.5) is 19.1 Å². The largest absolute Gasteiger partial charge is 0.419 e. The van der Waals surface area contributed by atoms with Crippen molar-refractivity contribution in [2.75, 3.05) is 11.9 Å². The summed E-state index contributed by atoms with van der Waals surface area (Å²) >= 11 is 0. The average Bonchev–Trinajstić information content (AvgIpc) is 3.50. The molecule has 2 aliphatic rings. The Kier molecular flexibility index (Phi) is 5.39. The third kappa shape index (κ3) is 4.22. The summed E-state index contributed by atoms with van der Waals surface area (Å²) in [5.41, 5.74) is 0.0837. The smallest absolute Gasteiger partial charge is 0.351 e. The number of nitrogens with zero attached hydrogens (tertiary/aromatic N) is 8. The van der Waals surface area contributed by atoms with E-state index in [4.69, 9.17) is 0 Å². The monoisotopic (exact) mass is 483 g/mol. The number of anilines is 1. The Balaban J connectivity index is 1.13. The molecule has 0 amide bonds. The molecule has 6 rings (SSSR count). The van der Waals surface area contributed by atoms with Crippen molar-refractivity contribution in [2.45, 2.75) is 57.0 Å². The van der Waals surface area contributed by atoms with E-state index in [1.54, 1.807) is 24.8 Å². The number of nitrogens with one attached hydrogen (secondary N) is 1. The molecule has 4 aromatic heterocycles. The van der Waals surface area contributed by atoms with Crippen molar-refractivity contribution in [3.05, 3.63) is 54.5 Å². The molecule has 0 unspecified atom stereocenters. The molecule has 9 nitrogen and oxygen atoms in total. The van der Waals surface area contributed by atoms with Crippen molar-refractivity contribution in [3.63, 3.8) is 0 Å². The van der Waals surface area contributed by atoms with E-state index in [9.17, 15) is 13.2 Å². The van der Waals surface area contributed by atoms with Gasteiger partial charge in [-0.05, 0) is 43.9 Å². The minimum atomic E-state index is -4.48. The first kappa shape index (κ1) is 22.0. The lowest BCUT2D eigenvalue weighted by Crippen LogP contribution is -2.44. The zero-order chi connectivity index (χ0) is 24.0. The van der Waals surface area contributed by atoms with Gasteiger partial charge in [0.2, 0.25) is 5.95 Å². The van der Waals surface area contributed by atoms with Crippen LogP contribution in [0.2, 0.25) is 0 Å². The van der Waals surface area contributed by atoms with E-state index in [0.29, 0.717) is 23.4 Å². The van der Waals surface area contributed by atoms with Gasteiger partial charge in [-0.15, -0.1) is 10.2 Å². The highest BCUT2D eigenvalue weighted by Crippen LogP contribution is 2.33. The summed E-state index contributed by atoms with van der Waals surface area (Å²) in [5, 5.41) is 11.6. The molecule has 35 heavy (non-hydrogen) atoms. The van der Waals surface area contributed by atoms with Crippen LogP contribution in [0.25, 0.3) is 17.0 Å². The lowest BCUT2D eigenvalue weighted by molar-refractivity contribution is -0.136. The minimum absolute atomic E-state index is 0.141. The molecule has 0 radical (unpaired) electrons. The van der Waals surface area contributed by atoms with E-state index in [0.717, 1.165) is 57.2 Å². The van der Waals surface area contributed by atoms with Crippen molar-refractivity contribution in [1.82, 2.24) is 39.0 Å². The number of aromatic nitrogens is 7. The van der Waals surface area contributed by atoms with Crippen molar-refractivity contribution in [3.8, 4) is 11.4 Å². The fourth-order valence-electron chi connectivity index (χ4n) is 5.16. The predicted octanol–water partition coefficient (Wildman–Crippen LogP) is 3.64. The first-order valence-electron chi connectivity index (χ1n) is 11.7. The van der Waals surface area contributed by atoms with E-state index in [1.807, 2.05) is 0 Å². The van der Waals surface area contributed by atoms with Crippen molar-refractivity contribution >= 4 is 11.6 Å². The minimum Gasteiger partial charge on any atom is -0.351 e. The molecule has 0 bridgehead atoms. The highest BCUT2D eigenvalue weighted by atomic mass is 19.4. The number of rotatable bonds is 4. The summed E-state index contributed by atoms with van der Waals surface area (Å²) in [6, 6.07) is 4.85. The molecular formula is C23H24F3N9. The molecule has 0 aromatic carbocycles. The molecule has 1 saturated carbocycles. The average molecular weight is 484 g/mol. The van der Waals surface area contributed by atoms with E-state index < -0.39 is 11.7 Å². The number of fused-ring (bicyclic) bond motifs is 2. The van der Waals surface area contributed by atoms with Crippen LogP contribution in [0.5, 0.6) is 0 Å². The predicted molar refractivity (Wildman–Crippen MR) is 121 cm³/mol. The van der Waals surface area contributed by atoms with Gasteiger partial charge < -0.3 is 9.88 Å². The Labute approximate surface area is 199 Å². The van der Waals surface area contributed by atoms with E-state index in [1.165, 1.54) is 16.7 Å². The van der Waals surface area contributed by atoms with E-state index >= 15 is 0 Å². The summed E-state index contributed by atoms with van der Waals surface area (Å²) in [5.74, 6) is 1.50. The van der Waals surface area contributed by atoms with Gasteiger partial charge in [0, 0.05) is 37.6 Å². The molecule has 5 heterocycles. The van der Waals surface area contributed by atoms with Gasteiger partial charge in [0.1, 0.15) is 17.8 Å².